The van der Waals surface area contributed by atoms with Gasteiger partial charge < -0.3 is 5.73 Å². The first-order valence-electron chi connectivity index (χ1n) is 8.34. The number of nitrogens with zero attached hydrogens (tertiary/aromatic N) is 5. The molecule has 0 fully saturated rings. The number of hydrogen-bond acceptors (Lipinski definition) is 5. The first-order valence-corrected chi connectivity index (χ1v) is 8.34. The zero-order valence-corrected chi connectivity index (χ0v) is 14.1. The van der Waals surface area contributed by atoms with Crippen molar-refractivity contribution in [1.82, 2.24) is 25.0 Å². The minimum absolute atomic E-state index is 0.0408. The number of nitrogens with two attached hydrogens (primary N) is 1. The molecule has 0 amide bonds. The lowest BCUT2D eigenvalue weighted by molar-refractivity contribution is 0.460. The van der Waals surface area contributed by atoms with E-state index in [4.69, 9.17) is 5.73 Å². The van der Waals surface area contributed by atoms with E-state index in [0.717, 1.165) is 16.7 Å². The molecule has 128 valence electrons. The van der Waals surface area contributed by atoms with Gasteiger partial charge in [0.25, 0.3) is 0 Å². The Morgan fingerprint density at radius 1 is 0.808 bits per heavy atom. The molecule has 4 rings (SSSR count). The summed E-state index contributed by atoms with van der Waals surface area (Å²) in [6.07, 6.45) is 10.9. The lowest BCUT2D eigenvalue weighted by Crippen LogP contribution is -2.21. The maximum atomic E-state index is 6.06. The molecule has 0 aliphatic carbocycles. The van der Waals surface area contributed by atoms with Gasteiger partial charge in [0.05, 0.1) is 12.2 Å². The average molecular weight is 342 g/mol. The Balaban J connectivity index is 1.93. The van der Waals surface area contributed by atoms with Gasteiger partial charge in [-0.15, -0.1) is 5.10 Å². The molecule has 6 nitrogen and oxygen atoms in total. The molecule has 0 aliphatic heterocycles. The van der Waals surface area contributed by atoms with E-state index in [2.05, 4.69) is 38.5 Å². The fourth-order valence-electron chi connectivity index (χ4n) is 3.28. The van der Waals surface area contributed by atoms with Crippen LogP contribution >= 0.6 is 0 Å². The quantitative estimate of drug-likeness (QED) is 0.564. The van der Waals surface area contributed by atoms with Gasteiger partial charge in [-0.2, -0.15) is 0 Å². The summed E-state index contributed by atoms with van der Waals surface area (Å²) in [5.74, 6) is -0.0408. The second-order valence-corrected chi connectivity index (χ2v) is 6.05. The number of anilines is 1. The summed E-state index contributed by atoms with van der Waals surface area (Å²) in [7, 11) is 0. The summed E-state index contributed by atoms with van der Waals surface area (Å²) in [5, 5.41) is 8.29. The standard InChI is InChI=1S/C20H18N6/c21-18-7-1-4-15(12-18)20(26-11-10-24-25-26)19(16-5-2-8-22-13-16)17-6-3-9-23-14-17/h1-14,19-20H,21H2. The van der Waals surface area contributed by atoms with Crippen molar-refractivity contribution in [3.05, 3.63) is 102 Å². The lowest BCUT2D eigenvalue weighted by atomic mass is 9.83. The van der Waals surface area contributed by atoms with Gasteiger partial charge in [0.15, 0.2) is 0 Å². The van der Waals surface area contributed by atoms with Crippen LogP contribution in [0.1, 0.15) is 28.7 Å². The summed E-state index contributed by atoms with van der Waals surface area (Å²) in [6.45, 7) is 0. The zero-order valence-electron chi connectivity index (χ0n) is 14.1. The van der Waals surface area contributed by atoms with Crippen LogP contribution in [0, 0.1) is 0 Å². The van der Waals surface area contributed by atoms with Crippen LogP contribution in [0.5, 0.6) is 0 Å². The molecule has 1 aromatic carbocycles. The van der Waals surface area contributed by atoms with Gasteiger partial charge in [0, 0.05) is 42.6 Å². The maximum absolute atomic E-state index is 6.06. The summed E-state index contributed by atoms with van der Waals surface area (Å²) < 4.78 is 1.86. The molecule has 0 aliphatic rings. The molecule has 3 heterocycles. The highest BCUT2D eigenvalue weighted by molar-refractivity contribution is 5.44. The molecule has 6 heteroatoms. The van der Waals surface area contributed by atoms with Gasteiger partial charge >= 0.3 is 0 Å². The van der Waals surface area contributed by atoms with Gasteiger partial charge in [0.2, 0.25) is 0 Å². The van der Waals surface area contributed by atoms with Crippen molar-refractivity contribution in [2.45, 2.75) is 12.0 Å². The van der Waals surface area contributed by atoms with E-state index >= 15 is 0 Å². The molecule has 3 aromatic heterocycles. The van der Waals surface area contributed by atoms with Crippen LogP contribution in [0.3, 0.4) is 0 Å². The molecule has 0 spiro atoms. The fourth-order valence-corrected chi connectivity index (χ4v) is 3.28. The molecule has 4 aromatic rings. The third-order valence-electron chi connectivity index (χ3n) is 4.38. The van der Waals surface area contributed by atoms with E-state index < -0.39 is 0 Å². The molecule has 0 saturated carbocycles. The van der Waals surface area contributed by atoms with Crippen LogP contribution in [0.4, 0.5) is 5.69 Å². The number of hydrogen-bond donors (Lipinski definition) is 1. The van der Waals surface area contributed by atoms with Crippen molar-refractivity contribution in [3.63, 3.8) is 0 Å². The van der Waals surface area contributed by atoms with E-state index in [-0.39, 0.29) is 12.0 Å². The van der Waals surface area contributed by atoms with E-state index in [9.17, 15) is 0 Å². The van der Waals surface area contributed by atoms with Crippen molar-refractivity contribution in [1.29, 1.82) is 0 Å². The summed E-state index contributed by atoms with van der Waals surface area (Å²) in [4.78, 5) is 8.63. The first-order chi connectivity index (χ1) is 12.8. The van der Waals surface area contributed by atoms with Crippen molar-refractivity contribution < 1.29 is 0 Å². The molecule has 1 unspecified atom stereocenters. The largest absolute Gasteiger partial charge is 0.399 e. The molecule has 0 radical (unpaired) electrons. The number of aromatic nitrogens is 5. The topological polar surface area (TPSA) is 82.5 Å². The third kappa shape index (κ3) is 3.17. The molecule has 0 bridgehead atoms. The van der Waals surface area contributed by atoms with Crippen LogP contribution in [-0.2, 0) is 0 Å². The third-order valence-corrected chi connectivity index (χ3v) is 4.38. The van der Waals surface area contributed by atoms with Crippen LogP contribution in [-0.4, -0.2) is 25.0 Å². The van der Waals surface area contributed by atoms with E-state index in [1.807, 2.05) is 53.6 Å². The highest BCUT2D eigenvalue weighted by Crippen LogP contribution is 2.39. The number of benzene rings is 1. The van der Waals surface area contributed by atoms with Crippen LogP contribution in [0.25, 0.3) is 0 Å². The molecule has 26 heavy (non-hydrogen) atoms. The van der Waals surface area contributed by atoms with E-state index in [1.165, 1.54) is 0 Å². The van der Waals surface area contributed by atoms with E-state index in [0.29, 0.717) is 5.69 Å². The average Bonchev–Trinajstić information content (AvgIpc) is 3.21. The molecular formula is C20H18N6. The summed E-state index contributed by atoms with van der Waals surface area (Å²) >= 11 is 0. The number of pyridine rings is 2. The second kappa shape index (κ2) is 7.14. The Hall–Kier alpha value is -3.54. The number of nitrogen functional groups attached to an aromatic ring is 1. The molecule has 0 saturated heterocycles. The smallest absolute Gasteiger partial charge is 0.0897 e. The first kappa shape index (κ1) is 16.0. The minimum Gasteiger partial charge on any atom is -0.399 e. The Labute approximate surface area is 151 Å². The van der Waals surface area contributed by atoms with E-state index in [1.54, 1.807) is 18.6 Å². The second-order valence-electron chi connectivity index (χ2n) is 6.05. The highest BCUT2D eigenvalue weighted by atomic mass is 15.4. The fraction of sp³-hybridized carbons (Fsp3) is 0.100. The van der Waals surface area contributed by atoms with Crippen LogP contribution in [0.15, 0.2) is 85.7 Å². The number of rotatable bonds is 5. The Morgan fingerprint density at radius 2 is 1.50 bits per heavy atom. The normalized spacial score (nSPS) is 12.2. The van der Waals surface area contributed by atoms with Gasteiger partial charge in [-0.25, -0.2) is 4.68 Å². The zero-order chi connectivity index (χ0) is 17.8. The van der Waals surface area contributed by atoms with Crippen molar-refractivity contribution in [2.24, 2.45) is 0 Å². The van der Waals surface area contributed by atoms with Crippen molar-refractivity contribution in [3.8, 4) is 0 Å². The highest BCUT2D eigenvalue weighted by Gasteiger charge is 2.29. The summed E-state index contributed by atoms with van der Waals surface area (Å²) in [6, 6.07) is 15.8. The molecular weight excluding hydrogens is 324 g/mol. The SMILES string of the molecule is Nc1cccc(C(C(c2cccnc2)c2cccnc2)n2ccnn2)c1. The lowest BCUT2D eigenvalue weighted by Gasteiger charge is -2.28. The van der Waals surface area contributed by atoms with Gasteiger partial charge in [-0.3, -0.25) is 9.97 Å². The van der Waals surface area contributed by atoms with Crippen LogP contribution in [0.2, 0.25) is 0 Å². The van der Waals surface area contributed by atoms with Crippen LogP contribution < -0.4 is 5.73 Å². The monoisotopic (exact) mass is 342 g/mol. The van der Waals surface area contributed by atoms with Crippen molar-refractivity contribution in [2.75, 3.05) is 5.73 Å². The summed E-state index contributed by atoms with van der Waals surface area (Å²) in [5.41, 5.74) is 9.96. The Bertz CT molecular complexity index is 915. The van der Waals surface area contributed by atoms with Gasteiger partial charge in [0.1, 0.15) is 0 Å². The predicted molar refractivity (Wildman–Crippen MR) is 99.3 cm³/mol. The maximum Gasteiger partial charge on any atom is 0.0897 e. The Morgan fingerprint density at radius 3 is 2.04 bits per heavy atom. The van der Waals surface area contributed by atoms with Crippen molar-refractivity contribution >= 4 is 5.69 Å². The minimum atomic E-state index is -0.130. The molecule has 2 N–H and O–H groups in total. The Kier molecular flexibility index (Phi) is 4.38. The van der Waals surface area contributed by atoms with Gasteiger partial charge in [-0.05, 0) is 41.0 Å². The predicted octanol–water partition coefficient (Wildman–Crippen LogP) is 3.07. The van der Waals surface area contributed by atoms with Gasteiger partial charge in [-0.1, -0.05) is 29.5 Å². The molecule has 1 atom stereocenters.